The Bertz CT molecular complexity index is 654. The van der Waals surface area contributed by atoms with Crippen molar-refractivity contribution in [3.63, 3.8) is 0 Å². The lowest BCUT2D eigenvalue weighted by Gasteiger charge is -2.08. The highest BCUT2D eigenvalue weighted by molar-refractivity contribution is 5.77. The largest absolute Gasteiger partial charge is 0.386 e. The first-order valence-electron chi connectivity index (χ1n) is 6.07. The number of hydrogen-bond acceptors (Lipinski definition) is 4. The number of fused-ring (bicyclic) bond motifs is 1. The molecule has 2 aromatic heterocycles. The van der Waals surface area contributed by atoms with Crippen LogP contribution in [-0.4, -0.2) is 31.4 Å². The number of imidazole rings is 1. The number of H-pyrrole nitrogens is 1. The fourth-order valence-corrected chi connectivity index (χ4v) is 1.96. The monoisotopic (exact) mass is 257 g/mol. The second-order valence-electron chi connectivity index (χ2n) is 4.45. The maximum atomic E-state index is 10.0. The molecule has 1 aromatic carbocycles. The Morgan fingerprint density at radius 1 is 1.42 bits per heavy atom. The minimum Gasteiger partial charge on any atom is -0.386 e. The normalized spacial score (nSPS) is 12.7. The molecule has 0 saturated heterocycles. The first kappa shape index (κ1) is 11.7. The SMILES string of the molecule is Cn1cc(C(O)CNc2nc3ccccc3[nH]2)cn1. The van der Waals surface area contributed by atoms with Gasteiger partial charge in [0.05, 0.1) is 23.3 Å². The average Bonchev–Trinajstić information content (AvgIpc) is 3.01. The summed E-state index contributed by atoms with van der Waals surface area (Å²) in [7, 11) is 1.82. The van der Waals surface area contributed by atoms with Crippen molar-refractivity contribution in [2.24, 2.45) is 7.05 Å². The molecular weight excluding hydrogens is 242 g/mol. The number of hydrogen-bond donors (Lipinski definition) is 3. The number of rotatable bonds is 4. The van der Waals surface area contributed by atoms with Crippen molar-refractivity contribution in [1.82, 2.24) is 19.7 Å². The van der Waals surface area contributed by atoms with Gasteiger partial charge in [-0.15, -0.1) is 0 Å². The Labute approximate surface area is 110 Å². The van der Waals surface area contributed by atoms with Crippen molar-refractivity contribution in [2.75, 3.05) is 11.9 Å². The summed E-state index contributed by atoms with van der Waals surface area (Å²) in [6.07, 6.45) is 2.84. The van der Waals surface area contributed by atoms with E-state index in [-0.39, 0.29) is 0 Å². The predicted octanol–water partition coefficient (Wildman–Crippen LogP) is 1.44. The second kappa shape index (κ2) is 4.74. The number of aliphatic hydroxyl groups is 1. The molecule has 3 aromatic rings. The molecule has 98 valence electrons. The summed E-state index contributed by atoms with van der Waals surface area (Å²) in [4.78, 5) is 7.54. The van der Waals surface area contributed by atoms with E-state index in [4.69, 9.17) is 0 Å². The predicted molar refractivity (Wildman–Crippen MR) is 72.8 cm³/mol. The van der Waals surface area contributed by atoms with Crippen LogP contribution in [0.2, 0.25) is 0 Å². The maximum Gasteiger partial charge on any atom is 0.201 e. The zero-order chi connectivity index (χ0) is 13.2. The van der Waals surface area contributed by atoms with E-state index in [2.05, 4.69) is 20.4 Å². The van der Waals surface area contributed by atoms with E-state index in [9.17, 15) is 5.11 Å². The fraction of sp³-hybridized carbons (Fsp3) is 0.231. The summed E-state index contributed by atoms with van der Waals surface area (Å²) in [5.74, 6) is 0.657. The highest BCUT2D eigenvalue weighted by Crippen LogP contribution is 2.15. The number of aromatic nitrogens is 4. The zero-order valence-corrected chi connectivity index (χ0v) is 10.5. The molecule has 0 aliphatic carbocycles. The van der Waals surface area contributed by atoms with Gasteiger partial charge in [0.1, 0.15) is 0 Å². The van der Waals surface area contributed by atoms with Gasteiger partial charge in [-0.2, -0.15) is 5.10 Å². The van der Waals surface area contributed by atoms with Crippen molar-refractivity contribution in [2.45, 2.75) is 6.10 Å². The molecule has 0 bridgehead atoms. The van der Waals surface area contributed by atoms with Gasteiger partial charge in [0.25, 0.3) is 0 Å². The highest BCUT2D eigenvalue weighted by Gasteiger charge is 2.10. The topological polar surface area (TPSA) is 78.8 Å². The minimum absolute atomic E-state index is 0.380. The number of benzene rings is 1. The van der Waals surface area contributed by atoms with Crippen LogP contribution in [0.5, 0.6) is 0 Å². The lowest BCUT2D eigenvalue weighted by molar-refractivity contribution is 0.191. The first-order chi connectivity index (χ1) is 9.22. The molecule has 0 radical (unpaired) electrons. The van der Waals surface area contributed by atoms with E-state index in [1.807, 2.05) is 31.3 Å². The molecule has 0 saturated carbocycles. The van der Waals surface area contributed by atoms with E-state index in [1.54, 1.807) is 17.1 Å². The van der Waals surface area contributed by atoms with Crippen LogP contribution in [0.1, 0.15) is 11.7 Å². The molecule has 1 atom stereocenters. The molecule has 0 fully saturated rings. The number of aryl methyl sites for hydroxylation is 1. The van der Waals surface area contributed by atoms with Crippen LogP contribution in [0, 0.1) is 0 Å². The molecule has 6 heteroatoms. The molecular formula is C13H15N5O. The molecule has 3 rings (SSSR count). The molecule has 0 aliphatic rings. The number of nitrogens with zero attached hydrogens (tertiary/aromatic N) is 3. The van der Waals surface area contributed by atoms with E-state index in [1.165, 1.54) is 0 Å². The molecule has 19 heavy (non-hydrogen) atoms. The third-order valence-electron chi connectivity index (χ3n) is 2.96. The summed E-state index contributed by atoms with van der Waals surface area (Å²) < 4.78 is 1.67. The van der Waals surface area contributed by atoms with Gasteiger partial charge in [-0.1, -0.05) is 12.1 Å². The van der Waals surface area contributed by atoms with E-state index < -0.39 is 6.10 Å². The molecule has 0 amide bonds. The van der Waals surface area contributed by atoms with Crippen LogP contribution in [-0.2, 0) is 7.05 Å². The van der Waals surface area contributed by atoms with Crippen LogP contribution in [0.4, 0.5) is 5.95 Å². The molecule has 1 unspecified atom stereocenters. The van der Waals surface area contributed by atoms with Crippen LogP contribution < -0.4 is 5.32 Å². The molecule has 6 nitrogen and oxygen atoms in total. The smallest absolute Gasteiger partial charge is 0.201 e. The van der Waals surface area contributed by atoms with Crippen molar-refractivity contribution in [3.05, 3.63) is 42.2 Å². The minimum atomic E-state index is -0.609. The molecule has 2 heterocycles. The Balaban J connectivity index is 1.68. The van der Waals surface area contributed by atoms with Crippen LogP contribution in [0.3, 0.4) is 0 Å². The lowest BCUT2D eigenvalue weighted by Crippen LogP contribution is -2.12. The maximum absolute atomic E-state index is 10.0. The third-order valence-corrected chi connectivity index (χ3v) is 2.96. The third kappa shape index (κ3) is 2.43. The van der Waals surface area contributed by atoms with Crippen molar-refractivity contribution in [1.29, 1.82) is 0 Å². The number of aliphatic hydroxyl groups excluding tert-OH is 1. The number of para-hydroxylation sites is 2. The van der Waals surface area contributed by atoms with E-state index in [0.717, 1.165) is 16.6 Å². The van der Waals surface area contributed by atoms with Crippen molar-refractivity contribution < 1.29 is 5.11 Å². The van der Waals surface area contributed by atoms with Gasteiger partial charge >= 0.3 is 0 Å². The Morgan fingerprint density at radius 2 is 2.26 bits per heavy atom. The van der Waals surface area contributed by atoms with E-state index >= 15 is 0 Å². The van der Waals surface area contributed by atoms with Crippen molar-refractivity contribution in [3.8, 4) is 0 Å². The van der Waals surface area contributed by atoms with Crippen LogP contribution in [0.15, 0.2) is 36.7 Å². The number of aromatic amines is 1. The number of anilines is 1. The lowest BCUT2D eigenvalue weighted by atomic mass is 10.2. The van der Waals surface area contributed by atoms with Gasteiger partial charge in [0.15, 0.2) is 0 Å². The quantitative estimate of drug-likeness (QED) is 0.661. The number of nitrogens with one attached hydrogen (secondary N) is 2. The van der Waals surface area contributed by atoms with Gasteiger partial charge in [-0.05, 0) is 12.1 Å². The van der Waals surface area contributed by atoms with Gasteiger partial charge in [0, 0.05) is 25.4 Å². The summed E-state index contributed by atoms with van der Waals surface area (Å²) in [5, 5.41) is 17.1. The van der Waals surface area contributed by atoms with Crippen LogP contribution >= 0.6 is 0 Å². The first-order valence-corrected chi connectivity index (χ1v) is 6.07. The standard InChI is InChI=1S/C13H15N5O/c1-18-8-9(6-15-18)12(19)7-14-13-16-10-4-2-3-5-11(10)17-13/h2-6,8,12,19H,7H2,1H3,(H2,14,16,17). The zero-order valence-electron chi connectivity index (χ0n) is 10.5. The van der Waals surface area contributed by atoms with Crippen LogP contribution in [0.25, 0.3) is 11.0 Å². The molecule has 0 aliphatic heterocycles. The summed E-state index contributed by atoms with van der Waals surface area (Å²) >= 11 is 0. The van der Waals surface area contributed by atoms with Gasteiger partial charge in [0.2, 0.25) is 5.95 Å². The van der Waals surface area contributed by atoms with E-state index in [0.29, 0.717) is 12.5 Å². The highest BCUT2D eigenvalue weighted by atomic mass is 16.3. The summed E-state index contributed by atoms with van der Waals surface area (Å²) in [6, 6.07) is 7.80. The second-order valence-corrected chi connectivity index (χ2v) is 4.45. The summed E-state index contributed by atoms with van der Waals surface area (Å²) in [6.45, 7) is 0.380. The van der Waals surface area contributed by atoms with Crippen molar-refractivity contribution >= 4 is 17.0 Å². The molecule has 0 spiro atoms. The van der Waals surface area contributed by atoms with Gasteiger partial charge in [-0.3, -0.25) is 4.68 Å². The molecule has 3 N–H and O–H groups in total. The van der Waals surface area contributed by atoms with Gasteiger partial charge in [-0.25, -0.2) is 4.98 Å². The summed E-state index contributed by atoms with van der Waals surface area (Å²) in [5.41, 5.74) is 2.66. The Morgan fingerprint density at radius 3 is 3.00 bits per heavy atom. The fourth-order valence-electron chi connectivity index (χ4n) is 1.96. The average molecular weight is 257 g/mol. The Hall–Kier alpha value is -2.34. The van der Waals surface area contributed by atoms with Gasteiger partial charge < -0.3 is 15.4 Å². The Kier molecular flexibility index (Phi) is 2.92.